The van der Waals surface area contributed by atoms with Gasteiger partial charge in [-0.2, -0.15) is 9.37 Å². The molecule has 6 nitrogen and oxygen atoms in total. The number of morpholine rings is 1. The van der Waals surface area contributed by atoms with Crippen molar-refractivity contribution in [2.45, 2.75) is 13.0 Å². The molecule has 0 saturated carbocycles. The maximum Gasteiger partial charge on any atom is 0.224 e. The Hall–Kier alpha value is -2.56. The number of amides is 1. The lowest BCUT2D eigenvalue weighted by atomic mass is 10.0. The van der Waals surface area contributed by atoms with Gasteiger partial charge in [0.1, 0.15) is 6.61 Å². The third-order valence-corrected chi connectivity index (χ3v) is 6.26. The summed E-state index contributed by atoms with van der Waals surface area (Å²) in [5.74, 6) is -0.360. The molecule has 1 aliphatic heterocycles. The number of carbonyl (C=O) groups excluding carboxylic acids is 1. The van der Waals surface area contributed by atoms with Gasteiger partial charge in [0.05, 0.1) is 19.6 Å². The molecule has 1 N–H and O–H groups in total. The van der Waals surface area contributed by atoms with Crippen LogP contribution in [0.1, 0.15) is 11.1 Å². The number of hydrogen-bond acceptors (Lipinski definition) is 5. The summed E-state index contributed by atoms with van der Waals surface area (Å²) in [5.41, 5.74) is 3.02. The Labute approximate surface area is 212 Å². The quantitative estimate of drug-likeness (QED) is 0.308. The fourth-order valence-electron chi connectivity index (χ4n) is 3.72. The molecule has 0 aliphatic carbocycles. The Bertz CT molecular complexity index is 1100. The van der Waals surface area contributed by atoms with Crippen LogP contribution in [0.15, 0.2) is 60.7 Å². The predicted octanol–water partition coefficient (Wildman–Crippen LogP) is 4.06. The van der Waals surface area contributed by atoms with Crippen LogP contribution in [0.25, 0.3) is 11.1 Å². The molecule has 1 fully saturated rings. The zero-order valence-electron chi connectivity index (χ0n) is 18.8. The summed E-state index contributed by atoms with van der Waals surface area (Å²) >= 11 is 2.25. The van der Waals surface area contributed by atoms with Crippen molar-refractivity contribution in [2.24, 2.45) is 0 Å². The first-order valence-corrected chi connectivity index (χ1v) is 12.3. The first-order valence-electron chi connectivity index (χ1n) is 11.3. The van der Waals surface area contributed by atoms with Gasteiger partial charge in [0.25, 0.3) is 0 Å². The van der Waals surface area contributed by atoms with Gasteiger partial charge in [-0.1, -0.05) is 36.4 Å². The molecule has 1 aromatic heterocycles. The van der Waals surface area contributed by atoms with Crippen molar-refractivity contribution >= 4 is 28.5 Å². The average Bonchev–Trinajstić information content (AvgIpc) is 2.84. The fourth-order valence-corrected chi connectivity index (χ4v) is 4.32. The first-order chi connectivity index (χ1) is 16.6. The molecule has 0 radical (unpaired) electrons. The van der Waals surface area contributed by atoms with Crippen LogP contribution in [0, 0.1) is 9.52 Å². The summed E-state index contributed by atoms with van der Waals surface area (Å²) in [4.78, 5) is 18.5. The Morgan fingerprint density at radius 1 is 1.09 bits per heavy atom. The Morgan fingerprint density at radius 3 is 2.62 bits per heavy atom. The Morgan fingerprint density at radius 2 is 1.88 bits per heavy atom. The number of pyridine rings is 1. The molecule has 0 unspecified atom stereocenters. The number of aromatic nitrogens is 1. The highest BCUT2D eigenvalue weighted by molar-refractivity contribution is 14.1. The van der Waals surface area contributed by atoms with Crippen LogP contribution in [0.2, 0.25) is 0 Å². The molecule has 2 aromatic carbocycles. The van der Waals surface area contributed by atoms with Gasteiger partial charge >= 0.3 is 0 Å². The second kappa shape index (κ2) is 12.2. The minimum Gasteiger partial charge on any atom is -0.476 e. The number of nitrogens with zero attached hydrogens (tertiary/aromatic N) is 2. The predicted molar refractivity (Wildman–Crippen MR) is 137 cm³/mol. The number of ether oxygens (including phenoxy) is 2. The average molecular weight is 575 g/mol. The van der Waals surface area contributed by atoms with E-state index in [0.717, 1.165) is 47.5 Å². The van der Waals surface area contributed by atoms with Crippen LogP contribution in [0.3, 0.4) is 0 Å². The first kappa shape index (κ1) is 24.6. The molecule has 1 aliphatic rings. The molecule has 0 atom stereocenters. The molecule has 34 heavy (non-hydrogen) atoms. The van der Waals surface area contributed by atoms with Crippen molar-refractivity contribution in [2.75, 3.05) is 39.5 Å². The van der Waals surface area contributed by atoms with Gasteiger partial charge in [-0.3, -0.25) is 9.69 Å². The van der Waals surface area contributed by atoms with E-state index in [-0.39, 0.29) is 18.2 Å². The van der Waals surface area contributed by atoms with E-state index in [1.54, 1.807) is 24.3 Å². The molecule has 3 aromatic rings. The van der Waals surface area contributed by atoms with Gasteiger partial charge in [0.2, 0.25) is 17.7 Å². The molecule has 178 valence electrons. The van der Waals surface area contributed by atoms with Crippen molar-refractivity contribution in [1.82, 2.24) is 15.2 Å². The van der Waals surface area contributed by atoms with Crippen molar-refractivity contribution in [1.29, 1.82) is 0 Å². The number of halogens is 2. The van der Waals surface area contributed by atoms with Gasteiger partial charge < -0.3 is 14.8 Å². The normalized spacial score (nSPS) is 14.1. The Balaban J connectivity index is 1.28. The number of hydrogen-bond donors (Lipinski definition) is 1. The second-order valence-electron chi connectivity index (χ2n) is 8.07. The SMILES string of the molecule is O=C(Cc1ccc(-c2ccc(OCCN3CCOCC3)nc2F)cc1)NCc1cccc(I)c1. The monoisotopic (exact) mass is 575 g/mol. The van der Waals surface area contributed by atoms with E-state index < -0.39 is 5.95 Å². The van der Waals surface area contributed by atoms with Gasteiger partial charge in [-0.25, -0.2) is 0 Å². The van der Waals surface area contributed by atoms with Crippen molar-refractivity contribution in [3.8, 4) is 17.0 Å². The number of nitrogens with one attached hydrogen (secondary N) is 1. The molecule has 1 saturated heterocycles. The van der Waals surface area contributed by atoms with Crippen LogP contribution in [0.5, 0.6) is 5.88 Å². The van der Waals surface area contributed by atoms with E-state index >= 15 is 0 Å². The van der Waals surface area contributed by atoms with Crippen molar-refractivity contribution in [3.05, 3.63) is 81.3 Å². The van der Waals surface area contributed by atoms with E-state index in [4.69, 9.17) is 9.47 Å². The molecular weight excluding hydrogens is 548 g/mol. The molecule has 0 spiro atoms. The molecule has 8 heteroatoms. The van der Waals surface area contributed by atoms with Gasteiger partial charge in [-0.05, 0) is 57.5 Å². The van der Waals surface area contributed by atoms with Crippen LogP contribution in [-0.2, 0) is 22.5 Å². The highest BCUT2D eigenvalue weighted by Crippen LogP contribution is 2.24. The zero-order valence-corrected chi connectivity index (χ0v) is 21.0. The molecule has 1 amide bonds. The molecule has 2 heterocycles. The second-order valence-corrected chi connectivity index (χ2v) is 9.32. The topological polar surface area (TPSA) is 63.7 Å². The van der Waals surface area contributed by atoms with Crippen LogP contribution in [0.4, 0.5) is 4.39 Å². The number of benzene rings is 2. The summed E-state index contributed by atoms with van der Waals surface area (Å²) < 4.78 is 26.7. The van der Waals surface area contributed by atoms with E-state index in [1.165, 1.54) is 0 Å². The zero-order chi connectivity index (χ0) is 23.8. The highest BCUT2D eigenvalue weighted by atomic mass is 127. The van der Waals surface area contributed by atoms with Gasteiger partial charge in [0.15, 0.2) is 0 Å². The van der Waals surface area contributed by atoms with E-state index in [0.29, 0.717) is 24.3 Å². The van der Waals surface area contributed by atoms with Gasteiger partial charge in [-0.15, -0.1) is 0 Å². The van der Waals surface area contributed by atoms with E-state index in [9.17, 15) is 9.18 Å². The molecule has 4 rings (SSSR count). The third kappa shape index (κ3) is 7.22. The summed E-state index contributed by atoms with van der Waals surface area (Å²) in [6.45, 7) is 4.93. The van der Waals surface area contributed by atoms with Crippen LogP contribution in [-0.4, -0.2) is 55.2 Å². The number of carbonyl (C=O) groups is 1. The number of rotatable bonds is 9. The summed E-state index contributed by atoms with van der Waals surface area (Å²) in [6.07, 6.45) is 0.265. The van der Waals surface area contributed by atoms with Crippen molar-refractivity contribution < 1.29 is 18.7 Å². The van der Waals surface area contributed by atoms with Crippen molar-refractivity contribution in [3.63, 3.8) is 0 Å². The lowest BCUT2D eigenvalue weighted by molar-refractivity contribution is -0.120. The summed E-state index contributed by atoms with van der Waals surface area (Å²) in [5, 5.41) is 2.94. The maximum atomic E-state index is 14.6. The summed E-state index contributed by atoms with van der Waals surface area (Å²) in [6, 6.07) is 18.7. The molecular formula is C26H27FIN3O3. The molecule has 0 bridgehead atoms. The maximum absolute atomic E-state index is 14.6. The van der Waals surface area contributed by atoms with Gasteiger partial charge in [0, 0.05) is 41.4 Å². The minimum atomic E-state index is -0.577. The minimum absolute atomic E-state index is 0.0574. The third-order valence-electron chi connectivity index (χ3n) is 5.59. The summed E-state index contributed by atoms with van der Waals surface area (Å²) in [7, 11) is 0. The smallest absolute Gasteiger partial charge is 0.224 e. The van der Waals surface area contributed by atoms with E-state index in [2.05, 4.69) is 37.8 Å². The largest absolute Gasteiger partial charge is 0.476 e. The van der Waals surface area contributed by atoms with E-state index in [1.807, 2.05) is 36.4 Å². The lowest BCUT2D eigenvalue weighted by Crippen LogP contribution is -2.38. The fraction of sp³-hybridized carbons (Fsp3) is 0.308. The van der Waals surface area contributed by atoms with Crippen LogP contribution >= 0.6 is 22.6 Å². The van der Waals surface area contributed by atoms with Crippen LogP contribution < -0.4 is 10.1 Å². The standard InChI is InChI=1S/C26H27FIN3O3/c27-26-23(8-9-25(30-26)34-15-12-31-10-13-33-14-11-31)21-6-4-19(5-7-21)17-24(32)29-18-20-2-1-3-22(28)16-20/h1-9,16H,10-15,17-18H2,(H,29,32). The lowest BCUT2D eigenvalue weighted by Gasteiger charge is -2.26. The highest BCUT2D eigenvalue weighted by Gasteiger charge is 2.12. The Kier molecular flexibility index (Phi) is 8.84.